The Balaban J connectivity index is 2.19. The largest absolute Gasteiger partial charge is 0.496 e. The van der Waals surface area contributed by atoms with E-state index < -0.39 is 0 Å². The lowest BCUT2D eigenvalue weighted by Gasteiger charge is -2.21. The van der Waals surface area contributed by atoms with Gasteiger partial charge >= 0.3 is 0 Å². The number of benzene rings is 1. The summed E-state index contributed by atoms with van der Waals surface area (Å²) >= 11 is 0. The van der Waals surface area contributed by atoms with Crippen LogP contribution >= 0.6 is 0 Å². The number of nitrogens with zero attached hydrogens (tertiary/aromatic N) is 1. The second-order valence-corrected chi connectivity index (χ2v) is 5.37. The maximum atomic E-state index is 5.64. The van der Waals surface area contributed by atoms with E-state index in [0.29, 0.717) is 0 Å². The topological polar surface area (TPSA) is 34.2 Å². The summed E-state index contributed by atoms with van der Waals surface area (Å²) in [6.07, 6.45) is 5.74. The standard InChI is InChI=1S/C18H24N2O/c1-13-5-7-16(18(21-4)14(13)2)17(19-3)8-6-15-9-11-20-12-10-15/h5,7,9-12,17,19H,6,8H2,1-4H3. The Kier molecular flexibility index (Phi) is 5.34. The zero-order valence-corrected chi connectivity index (χ0v) is 13.3. The van der Waals surface area contributed by atoms with Crippen LogP contribution in [-0.4, -0.2) is 19.1 Å². The average molecular weight is 284 g/mol. The summed E-state index contributed by atoms with van der Waals surface area (Å²) < 4.78 is 5.64. The molecule has 0 amide bonds. The van der Waals surface area contributed by atoms with Crippen LogP contribution in [0.25, 0.3) is 0 Å². The van der Waals surface area contributed by atoms with Gasteiger partial charge in [0.1, 0.15) is 5.75 Å². The lowest BCUT2D eigenvalue weighted by molar-refractivity contribution is 0.395. The second-order valence-electron chi connectivity index (χ2n) is 5.37. The van der Waals surface area contributed by atoms with Crippen molar-refractivity contribution in [3.8, 4) is 5.75 Å². The Morgan fingerprint density at radius 1 is 1.14 bits per heavy atom. The second kappa shape index (κ2) is 7.23. The van der Waals surface area contributed by atoms with E-state index in [2.05, 4.69) is 48.4 Å². The molecule has 1 atom stereocenters. The highest BCUT2D eigenvalue weighted by atomic mass is 16.5. The van der Waals surface area contributed by atoms with E-state index in [1.54, 1.807) is 7.11 Å². The molecule has 0 bridgehead atoms. The third kappa shape index (κ3) is 3.61. The van der Waals surface area contributed by atoms with Crippen molar-refractivity contribution in [3.05, 3.63) is 58.9 Å². The molecule has 0 aliphatic carbocycles. The monoisotopic (exact) mass is 284 g/mol. The van der Waals surface area contributed by atoms with Gasteiger partial charge in [-0.25, -0.2) is 0 Å². The van der Waals surface area contributed by atoms with Crippen molar-refractivity contribution in [1.29, 1.82) is 0 Å². The molecular formula is C18H24N2O. The quantitative estimate of drug-likeness (QED) is 0.880. The van der Waals surface area contributed by atoms with Gasteiger partial charge in [0.15, 0.2) is 0 Å². The van der Waals surface area contributed by atoms with Crippen LogP contribution in [0.1, 0.15) is 34.7 Å². The van der Waals surface area contributed by atoms with E-state index in [1.165, 1.54) is 22.3 Å². The van der Waals surface area contributed by atoms with E-state index in [4.69, 9.17) is 4.74 Å². The van der Waals surface area contributed by atoms with Crippen molar-refractivity contribution in [2.75, 3.05) is 14.2 Å². The first-order valence-electron chi connectivity index (χ1n) is 7.37. The minimum Gasteiger partial charge on any atom is -0.496 e. The minimum atomic E-state index is 0.285. The van der Waals surface area contributed by atoms with Gasteiger partial charge in [-0.3, -0.25) is 4.98 Å². The van der Waals surface area contributed by atoms with Gasteiger partial charge in [-0.15, -0.1) is 0 Å². The number of rotatable bonds is 6. The third-order valence-electron chi connectivity index (χ3n) is 4.11. The average Bonchev–Trinajstić information content (AvgIpc) is 2.52. The molecule has 1 N–H and O–H groups in total. The molecule has 1 heterocycles. The molecule has 2 rings (SSSR count). The van der Waals surface area contributed by atoms with E-state index in [0.717, 1.165) is 18.6 Å². The zero-order chi connectivity index (χ0) is 15.2. The van der Waals surface area contributed by atoms with Crippen LogP contribution < -0.4 is 10.1 Å². The first-order chi connectivity index (χ1) is 10.2. The van der Waals surface area contributed by atoms with Gasteiger partial charge in [-0.05, 0) is 62.6 Å². The molecule has 0 fully saturated rings. The van der Waals surface area contributed by atoms with Crippen LogP contribution in [0.3, 0.4) is 0 Å². The third-order valence-corrected chi connectivity index (χ3v) is 4.11. The molecule has 0 saturated heterocycles. The lowest BCUT2D eigenvalue weighted by atomic mass is 9.95. The predicted octanol–water partition coefficient (Wildman–Crippen LogP) is 3.60. The first-order valence-corrected chi connectivity index (χ1v) is 7.37. The van der Waals surface area contributed by atoms with Crippen LogP contribution in [0.5, 0.6) is 5.75 Å². The van der Waals surface area contributed by atoms with Crippen LogP contribution in [0.4, 0.5) is 0 Å². The molecule has 0 saturated carbocycles. The van der Waals surface area contributed by atoms with Gasteiger partial charge in [0, 0.05) is 24.0 Å². The van der Waals surface area contributed by atoms with E-state index in [9.17, 15) is 0 Å². The first kappa shape index (κ1) is 15.5. The highest BCUT2D eigenvalue weighted by molar-refractivity contribution is 5.46. The molecule has 3 heteroatoms. The number of pyridine rings is 1. The fourth-order valence-electron chi connectivity index (χ4n) is 2.67. The van der Waals surface area contributed by atoms with Gasteiger partial charge < -0.3 is 10.1 Å². The molecular weight excluding hydrogens is 260 g/mol. The Hall–Kier alpha value is -1.87. The van der Waals surface area contributed by atoms with Gasteiger partial charge in [-0.2, -0.15) is 0 Å². The minimum absolute atomic E-state index is 0.285. The van der Waals surface area contributed by atoms with Crippen LogP contribution in [0, 0.1) is 13.8 Å². The molecule has 0 spiro atoms. The molecule has 1 unspecified atom stereocenters. The fourth-order valence-corrected chi connectivity index (χ4v) is 2.67. The van der Waals surface area contributed by atoms with Crippen molar-refractivity contribution >= 4 is 0 Å². The van der Waals surface area contributed by atoms with Crippen LogP contribution in [0.15, 0.2) is 36.7 Å². The van der Waals surface area contributed by atoms with Crippen molar-refractivity contribution in [2.45, 2.75) is 32.7 Å². The van der Waals surface area contributed by atoms with E-state index in [1.807, 2.05) is 19.4 Å². The Labute approximate surface area is 127 Å². The molecule has 0 aliphatic rings. The van der Waals surface area contributed by atoms with Gasteiger partial charge in [0.2, 0.25) is 0 Å². The van der Waals surface area contributed by atoms with Crippen molar-refractivity contribution in [2.24, 2.45) is 0 Å². The summed E-state index contributed by atoms with van der Waals surface area (Å²) in [6, 6.07) is 8.78. The maximum absolute atomic E-state index is 5.64. The van der Waals surface area contributed by atoms with Crippen molar-refractivity contribution < 1.29 is 4.74 Å². The van der Waals surface area contributed by atoms with E-state index >= 15 is 0 Å². The zero-order valence-electron chi connectivity index (χ0n) is 13.3. The summed E-state index contributed by atoms with van der Waals surface area (Å²) in [5, 5.41) is 3.41. The summed E-state index contributed by atoms with van der Waals surface area (Å²) in [5.74, 6) is 1.00. The molecule has 0 radical (unpaired) electrons. The summed E-state index contributed by atoms with van der Waals surface area (Å²) in [7, 11) is 3.76. The fraction of sp³-hybridized carbons (Fsp3) is 0.389. The number of aromatic nitrogens is 1. The molecule has 21 heavy (non-hydrogen) atoms. The molecule has 1 aromatic carbocycles. The molecule has 112 valence electrons. The molecule has 1 aromatic heterocycles. The Bertz CT molecular complexity index is 581. The van der Waals surface area contributed by atoms with Gasteiger partial charge in [-0.1, -0.05) is 12.1 Å². The smallest absolute Gasteiger partial charge is 0.126 e. The van der Waals surface area contributed by atoms with Crippen LogP contribution in [-0.2, 0) is 6.42 Å². The van der Waals surface area contributed by atoms with Crippen LogP contribution in [0.2, 0.25) is 0 Å². The number of hydrogen-bond acceptors (Lipinski definition) is 3. The number of methoxy groups -OCH3 is 1. The van der Waals surface area contributed by atoms with Gasteiger partial charge in [0.05, 0.1) is 7.11 Å². The normalized spacial score (nSPS) is 12.2. The Morgan fingerprint density at radius 2 is 1.86 bits per heavy atom. The number of ether oxygens (including phenoxy) is 1. The number of hydrogen-bond donors (Lipinski definition) is 1. The van der Waals surface area contributed by atoms with Gasteiger partial charge in [0.25, 0.3) is 0 Å². The summed E-state index contributed by atoms with van der Waals surface area (Å²) in [6.45, 7) is 4.24. The lowest BCUT2D eigenvalue weighted by Crippen LogP contribution is -2.18. The van der Waals surface area contributed by atoms with E-state index in [-0.39, 0.29) is 6.04 Å². The molecule has 2 aromatic rings. The predicted molar refractivity (Wildman–Crippen MR) is 86.8 cm³/mol. The maximum Gasteiger partial charge on any atom is 0.126 e. The Morgan fingerprint density at radius 3 is 2.48 bits per heavy atom. The molecule has 0 aliphatic heterocycles. The van der Waals surface area contributed by atoms with Crippen molar-refractivity contribution in [3.63, 3.8) is 0 Å². The molecule has 3 nitrogen and oxygen atoms in total. The summed E-state index contributed by atoms with van der Waals surface area (Å²) in [5.41, 5.74) is 5.03. The SMILES string of the molecule is CNC(CCc1ccncc1)c1ccc(C)c(C)c1OC. The highest BCUT2D eigenvalue weighted by Crippen LogP contribution is 2.32. The summed E-state index contributed by atoms with van der Waals surface area (Å²) in [4.78, 5) is 4.06. The van der Waals surface area contributed by atoms with Crippen molar-refractivity contribution in [1.82, 2.24) is 10.3 Å². The number of nitrogens with one attached hydrogen (secondary N) is 1. The highest BCUT2D eigenvalue weighted by Gasteiger charge is 2.17. The number of aryl methyl sites for hydroxylation is 2.